The third-order valence-electron chi connectivity index (χ3n) is 19.2. The van der Waals surface area contributed by atoms with Crippen LogP contribution in [0, 0.1) is 80.8 Å². The van der Waals surface area contributed by atoms with Crippen molar-refractivity contribution in [2.24, 2.45) is 80.8 Å². The zero-order valence-electron chi connectivity index (χ0n) is 36.3. The number of aliphatic hydroxyl groups is 1. The van der Waals surface area contributed by atoms with Gasteiger partial charge in [0.05, 0.1) is 15.6 Å². The van der Waals surface area contributed by atoms with E-state index in [9.17, 15) is 14.7 Å². The molecule has 0 heterocycles. The molecular formula is C50H79O4P. The van der Waals surface area contributed by atoms with Gasteiger partial charge in [-0.15, -0.1) is 0 Å². The van der Waals surface area contributed by atoms with E-state index in [1.54, 1.807) is 18.1 Å². The van der Waals surface area contributed by atoms with Gasteiger partial charge >= 0.3 is 5.97 Å². The largest absolute Gasteiger partial charge is 0.452 e. The number of hydrogen-bond acceptors (Lipinski definition) is 4. The molecule has 0 aromatic rings. The van der Waals surface area contributed by atoms with Crippen LogP contribution >= 0.6 is 9.47 Å². The van der Waals surface area contributed by atoms with E-state index in [0.29, 0.717) is 45.7 Å². The molecule has 0 spiro atoms. The van der Waals surface area contributed by atoms with Crippen LogP contribution in [0.15, 0.2) is 34.9 Å². The van der Waals surface area contributed by atoms with Crippen molar-refractivity contribution in [1.82, 2.24) is 0 Å². The quantitative estimate of drug-likeness (QED) is 0.197. The number of carbonyl (C=O) groups excluding carboxylic acids is 2. The SMILES string of the molecule is CC(=O)CC[C@@H](C)[C@H]1CCC2C3CC=C4C[C@H](C)CC[C@]4(C)C3CC[C@@]21C.C[C@H](CCC(=O)OP)C1=CCC2C3CC=C4C[C@@H](O)CC[C@]4(C)C3CC[C@]12C. The summed E-state index contributed by atoms with van der Waals surface area (Å²) < 4.78 is 4.77. The third-order valence-corrected chi connectivity index (χ3v) is 19.5. The second kappa shape index (κ2) is 16.1. The highest BCUT2D eigenvalue weighted by molar-refractivity contribution is 7.10. The Balaban J connectivity index is 0.000000169. The summed E-state index contributed by atoms with van der Waals surface area (Å²) in [5, 5.41) is 10.2. The van der Waals surface area contributed by atoms with E-state index in [1.165, 1.54) is 77.0 Å². The summed E-state index contributed by atoms with van der Waals surface area (Å²) in [7, 11) is 2.07. The molecule has 8 aliphatic rings. The highest BCUT2D eigenvalue weighted by Gasteiger charge is 2.60. The van der Waals surface area contributed by atoms with Gasteiger partial charge in [-0.2, -0.15) is 0 Å². The number of hydrogen-bond donors (Lipinski definition) is 1. The van der Waals surface area contributed by atoms with E-state index < -0.39 is 0 Å². The minimum Gasteiger partial charge on any atom is -0.452 e. The molecule has 5 fully saturated rings. The molecule has 5 saturated carbocycles. The molecule has 7 unspecified atom stereocenters. The average Bonchev–Trinajstić information content (AvgIpc) is 3.70. The lowest BCUT2D eigenvalue weighted by atomic mass is 9.46. The van der Waals surface area contributed by atoms with Gasteiger partial charge < -0.3 is 14.4 Å². The first kappa shape index (κ1) is 41.9. The smallest absolute Gasteiger partial charge is 0.307 e. The fraction of sp³-hybridized carbons (Fsp3) is 0.840. The Morgan fingerprint density at radius 1 is 0.745 bits per heavy atom. The van der Waals surface area contributed by atoms with Crippen molar-refractivity contribution in [1.29, 1.82) is 0 Å². The lowest BCUT2D eigenvalue weighted by Crippen LogP contribution is -2.50. The summed E-state index contributed by atoms with van der Waals surface area (Å²) >= 11 is 0. The van der Waals surface area contributed by atoms with Gasteiger partial charge in [0, 0.05) is 12.8 Å². The van der Waals surface area contributed by atoms with Gasteiger partial charge in [-0.05, 0) is 197 Å². The second-order valence-corrected chi connectivity index (χ2v) is 22.2. The maximum atomic E-state index is 11.6. The summed E-state index contributed by atoms with van der Waals surface area (Å²) in [4.78, 5) is 23.1. The summed E-state index contributed by atoms with van der Waals surface area (Å²) in [6.07, 6.45) is 30.2. The highest BCUT2D eigenvalue weighted by atomic mass is 31.0. The van der Waals surface area contributed by atoms with Crippen molar-refractivity contribution in [2.45, 2.75) is 183 Å². The Morgan fingerprint density at radius 3 is 2.04 bits per heavy atom. The topological polar surface area (TPSA) is 63.6 Å². The number of allylic oxidation sites excluding steroid dienone is 5. The maximum Gasteiger partial charge on any atom is 0.307 e. The minimum absolute atomic E-state index is 0.126. The summed E-state index contributed by atoms with van der Waals surface area (Å²) in [5.74, 6) is 8.20. The fourth-order valence-electron chi connectivity index (χ4n) is 16.0. The van der Waals surface area contributed by atoms with Crippen LogP contribution in [-0.4, -0.2) is 23.0 Å². The highest BCUT2D eigenvalue weighted by Crippen LogP contribution is 2.68. The van der Waals surface area contributed by atoms with Gasteiger partial charge in [0.1, 0.15) is 5.78 Å². The number of ketones is 1. The van der Waals surface area contributed by atoms with E-state index in [1.807, 2.05) is 5.57 Å². The van der Waals surface area contributed by atoms with Gasteiger partial charge in [0.25, 0.3) is 0 Å². The number of Topliss-reactive ketones (excluding diaryl/α,β-unsaturated/α-hetero) is 1. The van der Waals surface area contributed by atoms with Crippen molar-refractivity contribution < 1.29 is 19.2 Å². The van der Waals surface area contributed by atoms with Gasteiger partial charge in [0.2, 0.25) is 0 Å². The molecular weight excluding hydrogens is 696 g/mol. The molecule has 0 aromatic carbocycles. The van der Waals surface area contributed by atoms with Crippen LogP contribution in [0.2, 0.25) is 0 Å². The summed E-state index contributed by atoms with van der Waals surface area (Å²) in [6, 6.07) is 0. The van der Waals surface area contributed by atoms with E-state index in [-0.39, 0.29) is 12.1 Å². The van der Waals surface area contributed by atoms with Crippen LogP contribution in [0.4, 0.5) is 0 Å². The van der Waals surface area contributed by atoms with Gasteiger partial charge in [-0.1, -0.05) is 83.4 Å². The van der Waals surface area contributed by atoms with Crippen LogP contribution in [0.1, 0.15) is 177 Å². The average molecular weight is 775 g/mol. The molecule has 4 nitrogen and oxygen atoms in total. The predicted octanol–water partition coefficient (Wildman–Crippen LogP) is 12.8. The first-order valence-electron chi connectivity index (χ1n) is 23.2. The monoisotopic (exact) mass is 775 g/mol. The summed E-state index contributed by atoms with van der Waals surface area (Å²) in [5.41, 5.74) is 6.62. The molecule has 0 bridgehead atoms. The van der Waals surface area contributed by atoms with Gasteiger partial charge in [-0.3, -0.25) is 4.79 Å². The number of rotatable bonds is 8. The first-order valence-corrected chi connectivity index (χ1v) is 23.7. The molecule has 308 valence electrons. The van der Waals surface area contributed by atoms with Crippen molar-refractivity contribution in [3.63, 3.8) is 0 Å². The zero-order chi connectivity index (χ0) is 39.5. The first-order chi connectivity index (χ1) is 26.0. The van der Waals surface area contributed by atoms with Crippen LogP contribution in [-0.2, 0) is 14.1 Å². The number of aliphatic hydroxyl groups excluding tert-OH is 1. The van der Waals surface area contributed by atoms with Crippen LogP contribution in [0.3, 0.4) is 0 Å². The molecule has 8 rings (SSSR count). The maximum absolute atomic E-state index is 11.6. The van der Waals surface area contributed by atoms with Crippen molar-refractivity contribution in [2.75, 3.05) is 0 Å². The standard InChI is InChI=1S/C26H42O.C24H37O3P/c1-17-12-14-25(4)20(16-17)8-9-21-23-11-10-22(18(2)6-7-19(3)27)26(23,5)15-13-24(21)25;1-15(4-9-22(26)27-28)19-7-8-20-18-6-5-16-14-17(25)10-12-23(16,2)21(18)11-13-24(19,20)3/h8,17-18,21-24H,6-7,9-16H2,1-5H3;5,7,15,17-18,20-21,25H,4,6,8-14,28H2,1-3H3/t17-,18-,21?,22-,23?,24?,25+,26-;15-,17+,18?,20?,21?,23+,24-/m11/s1. The number of carbonyl (C=O) groups is 2. The molecule has 0 radical (unpaired) electrons. The molecule has 8 aliphatic carbocycles. The lowest BCUT2D eigenvalue weighted by Gasteiger charge is -2.58. The summed E-state index contributed by atoms with van der Waals surface area (Å²) in [6.45, 7) is 19.2. The lowest BCUT2D eigenvalue weighted by molar-refractivity contribution is -0.133. The van der Waals surface area contributed by atoms with Crippen molar-refractivity contribution in [3.05, 3.63) is 34.9 Å². The Bertz CT molecular complexity index is 1540. The van der Waals surface area contributed by atoms with Crippen LogP contribution in [0.5, 0.6) is 0 Å². The van der Waals surface area contributed by atoms with Crippen LogP contribution in [0.25, 0.3) is 0 Å². The van der Waals surface area contributed by atoms with E-state index in [4.69, 9.17) is 4.52 Å². The molecule has 5 heteroatoms. The molecule has 0 aromatic heterocycles. The molecule has 0 amide bonds. The minimum atomic E-state index is -0.127. The van der Waals surface area contributed by atoms with Gasteiger partial charge in [0.15, 0.2) is 0 Å². The molecule has 0 aliphatic heterocycles. The van der Waals surface area contributed by atoms with Crippen molar-refractivity contribution >= 4 is 21.2 Å². The van der Waals surface area contributed by atoms with Crippen molar-refractivity contribution in [3.8, 4) is 0 Å². The normalized spacial score (nSPS) is 45.3. The zero-order valence-corrected chi connectivity index (χ0v) is 37.4. The fourth-order valence-corrected chi connectivity index (χ4v) is 16.1. The molecule has 16 atom stereocenters. The van der Waals surface area contributed by atoms with E-state index in [2.05, 4.69) is 76.2 Å². The molecule has 0 saturated heterocycles. The molecule has 1 N–H and O–H groups in total. The van der Waals surface area contributed by atoms with Gasteiger partial charge in [-0.25, -0.2) is 0 Å². The van der Waals surface area contributed by atoms with E-state index >= 15 is 0 Å². The van der Waals surface area contributed by atoms with Crippen LogP contribution < -0.4 is 0 Å². The Hall–Kier alpha value is -1.25. The second-order valence-electron chi connectivity index (χ2n) is 22.0. The van der Waals surface area contributed by atoms with E-state index in [0.717, 1.165) is 85.9 Å². The third kappa shape index (κ3) is 7.48. The Labute approximate surface area is 338 Å². The number of fused-ring (bicyclic) bond motifs is 10. The predicted molar refractivity (Wildman–Crippen MR) is 229 cm³/mol. The molecule has 55 heavy (non-hydrogen) atoms. The Morgan fingerprint density at radius 2 is 1.36 bits per heavy atom. The Kier molecular flexibility index (Phi) is 12.2.